The molecule has 0 radical (unpaired) electrons. The van der Waals surface area contributed by atoms with E-state index in [2.05, 4.69) is 127 Å². The summed E-state index contributed by atoms with van der Waals surface area (Å²) in [5.41, 5.74) is 10.5. The van der Waals surface area contributed by atoms with Crippen LogP contribution in [0.5, 0.6) is 0 Å². The standard InChI is InChI=1S/C49H29N3O2/c1-3-13-30(14-4-1)31-25-27-33(28-26-31)47-50-48(38-21-12-23-42-45(38)37-19-9-10-22-41(37)53-42)52-49(51-47)39-29-40-44-34(32-15-5-2-6-16-32)20-11-24-43(44)54-46(40)36-18-8-7-17-35(36)39/h1-29H. The summed E-state index contributed by atoms with van der Waals surface area (Å²) in [5.74, 6) is 1.74. The van der Waals surface area contributed by atoms with E-state index in [1.165, 1.54) is 0 Å². The monoisotopic (exact) mass is 691 g/mol. The van der Waals surface area contributed by atoms with Crippen molar-refractivity contribution in [3.8, 4) is 56.4 Å². The topological polar surface area (TPSA) is 65.0 Å². The van der Waals surface area contributed by atoms with Gasteiger partial charge in [-0.3, -0.25) is 0 Å². The fourth-order valence-electron chi connectivity index (χ4n) is 7.84. The number of para-hydroxylation sites is 1. The van der Waals surface area contributed by atoms with Crippen LogP contribution in [-0.4, -0.2) is 15.0 Å². The lowest BCUT2D eigenvalue weighted by Crippen LogP contribution is -2.01. The van der Waals surface area contributed by atoms with E-state index in [1.807, 2.05) is 48.5 Å². The highest BCUT2D eigenvalue weighted by Gasteiger charge is 2.22. The van der Waals surface area contributed by atoms with Gasteiger partial charge >= 0.3 is 0 Å². The van der Waals surface area contributed by atoms with Crippen molar-refractivity contribution in [3.63, 3.8) is 0 Å². The molecule has 0 aliphatic carbocycles. The van der Waals surface area contributed by atoms with Crippen LogP contribution in [0.4, 0.5) is 0 Å². The maximum Gasteiger partial charge on any atom is 0.164 e. The van der Waals surface area contributed by atoms with Crippen molar-refractivity contribution in [2.24, 2.45) is 0 Å². The Hall–Kier alpha value is -7.37. The van der Waals surface area contributed by atoms with Gasteiger partial charge in [0.05, 0.1) is 0 Å². The van der Waals surface area contributed by atoms with Crippen molar-refractivity contribution in [3.05, 3.63) is 176 Å². The third kappa shape index (κ3) is 4.83. The number of hydrogen-bond acceptors (Lipinski definition) is 5. The van der Waals surface area contributed by atoms with E-state index >= 15 is 0 Å². The summed E-state index contributed by atoms with van der Waals surface area (Å²) < 4.78 is 13.0. The van der Waals surface area contributed by atoms with Gasteiger partial charge in [-0.2, -0.15) is 0 Å². The Morgan fingerprint density at radius 3 is 1.57 bits per heavy atom. The van der Waals surface area contributed by atoms with Crippen molar-refractivity contribution in [2.45, 2.75) is 0 Å². The first kappa shape index (κ1) is 30.3. The summed E-state index contributed by atoms with van der Waals surface area (Å²) in [6, 6.07) is 60.3. The molecular weight excluding hydrogens is 663 g/mol. The maximum absolute atomic E-state index is 6.67. The Morgan fingerprint density at radius 1 is 0.296 bits per heavy atom. The minimum absolute atomic E-state index is 0.575. The fraction of sp³-hybridized carbons (Fsp3) is 0. The van der Waals surface area contributed by atoms with Gasteiger partial charge in [-0.1, -0.05) is 152 Å². The van der Waals surface area contributed by atoms with Crippen LogP contribution in [0.2, 0.25) is 0 Å². The Bertz CT molecular complexity index is 3200. The number of furan rings is 2. The summed E-state index contributed by atoms with van der Waals surface area (Å²) in [4.78, 5) is 15.8. The van der Waals surface area contributed by atoms with Crippen LogP contribution in [0, 0.1) is 0 Å². The van der Waals surface area contributed by atoms with Gasteiger partial charge in [-0.05, 0) is 51.9 Å². The molecule has 0 atom stereocenters. The zero-order valence-electron chi connectivity index (χ0n) is 28.9. The van der Waals surface area contributed by atoms with Crippen LogP contribution >= 0.6 is 0 Å². The van der Waals surface area contributed by atoms with Crippen LogP contribution in [0.3, 0.4) is 0 Å². The summed E-state index contributed by atoms with van der Waals surface area (Å²) in [5, 5.41) is 6.06. The van der Waals surface area contributed by atoms with Gasteiger partial charge in [-0.15, -0.1) is 0 Å². The van der Waals surface area contributed by atoms with Crippen LogP contribution in [0.1, 0.15) is 0 Å². The molecule has 0 aliphatic rings. The Labute approximate surface area is 309 Å². The summed E-state index contributed by atoms with van der Waals surface area (Å²) in [6.07, 6.45) is 0. The van der Waals surface area contributed by atoms with E-state index in [9.17, 15) is 0 Å². The third-order valence-electron chi connectivity index (χ3n) is 10.4. The van der Waals surface area contributed by atoms with E-state index in [1.54, 1.807) is 0 Å². The van der Waals surface area contributed by atoms with E-state index < -0.39 is 0 Å². The molecular formula is C49H29N3O2. The second kappa shape index (κ2) is 12.1. The summed E-state index contributed by atoms with van der Waals surface area (Å²) in [6.45, 7) is 0. The molecule has 0 bridgehead atoms. The number of benzene rings is 8. The average molecular weight is 692 g/mol. The Morgan fingerprint density at radius 2 is 0.815 bits per heavy atom. The lowest BCUT2D eigenvalue weighted by molar-refractivity contribution is 0.669. The highest BCUT2D eigenvalue weighted by atomic mass is 16.3. The minimum Gasteiger partial charge on any atom is -0.456 e. The van der Waals surface area contributed by atoms with E-state index in [-0.39, 0.29) is 0 Å². The summed E-state index contributed by atoms with van der Waals surface area (Å²) in [7, 11) is 0. The molecule has 3 heterocycles. The van der Waals surface area contributed by atoms with Crippen molar-refractivity contribution in [1.82, 2.24) is 15.0 Å². The lowest BCUT2D eigenvalue weighted by atomic mass is 9.96. The van der Waals surface area contributed by atoms with Crippen LogP contribution in [-0.2, 0) is 0 Å². The van der Waals surface area contributed by atoms with Gasteiger partial charge < -0.3 is 8.83 Å². The molecule has 11 rings (SSSR count). The van der Waals surface area contributed by atoms with Crippen molar-refractivity contribution in [2.75, 3.05) is 0 Å². The molecule has 0 spiro atoms. The van der Waals surface area contributed by atoms with Crippen molar-refractivity contribution in [1.29, 1.82) is 0 Å². The van der Waals surface area contributed by atoms with E-state index in [0.29, 0.717) is 17.5 Å². The van der Waals surface area contributed by atoms with E-state index in [0.717, 1.165) is 93.6 Å². The normalized spacial score (nSPS) is 11.7. The van der Waals surface area contributed by atoms with Crippen molar-refractivity contribution < 1.29 is 8.83 Å². The molecule has 54 heavy (non-hydrogen) atoms. The highest BCUT2D eigenvalue weighted by molar-refractivity contribution is 6.22. The maximum atomic E-state index is 6.67. The van der Waals surface area contributed by atoms with Gasteiger partial charge in [0.25, 0.3) is 0 Å². The van der Waals surface area contributed by atoms with Crippen molar-refractivity contribution >= 4 is 54.6 Å². The van der Waals surface area contributed by atoms with E-state index in [4.69, 9.17) is 23.8 Å². The number of hydrogen-bond donors (Lipinski definition) is 0. The van der Waals surface area contributed by atoms with Gasteiger partial charge in [0, 0.05) is 43.6 Å². The predicted molar refractivity (Wildman–Crippen MR) is 219 cm³/mol. The molecule has 252 valence electrons. The molecule has 3 aromatic heterocycles. The highest BCUT2D eigenvalue weighted by Crippen LogP contribution is 2.43. The molecule has 0 saturated heterocycles. The predicted octanol–water partition coefficient (Wildman–Crippen LogP) is 13.2. The minimum atomic E-state index is 0.575. The first-order chi connectivity index (χ1) is 26.8. The third-order valence-corrected chi connectivity index (χ3v) is 10.4. The smallest absolute Gasteiger partial charge is 0.164 e. The van der Waals surface area contributed by atoms with Gasteiger partial charge in [0.15, 0.2) is 17.5 Å². The zero-order valence-corrected chi connectivity index (χ0v) is 28.9. The lowest BCUT2D eigenvalue weighted by Gasteiger charge is -2.12. The van der Waals surface area contributed by atoms with Crippen LogP contribution in [0.15, 0.2) is 185 Å². The number of fused-ring (bicyclic) bond motifs is 8. The first-order valence-electron chi connectivity index (χ1n) is 18.0. The molecule has 5 nitrogen and oxygen atoms in total. The second-order valence-electron chi connectivity index (χ2n) is 13.5. The molecule has 0 N–H and O–H groups in total. The molecule has 8 aromatic carbocycles. The number of nitrogens with zero attached hydrogens (tertiary/aromatic N) is 3. The van der Waals surface area contributed by atoms with Gasteiger partial charge in [-0.25, -0.2) is 15.0 Å². The number of aromatic nitrogens is 3. The molecule has 0 fully saturated rings. The molecule has 0 saturated carbocycles. The zero-order chi connectivity index (χ0) is 35.6. The SMILES string of the molecule is c1ccc(-c2ccc(-c3nc(-c4cc5c(oc6cccc(-c7ccccc7)c65)c5ccccc45)nc(-c4cccc5oc6ccccc6c45)n3)cc2)cc1. The molecule has 0 unspecified atom stereocenters. The quantitative estimate of drug-likeness (QED) is 0.180. The Kier molecular flexibility index (Phi) is 6.79. The molecule has 0 amide bonds. The van der Waals surface area contributed by atoms with Gasteiger partial charge in [0.1, 0.15) is 22.3 Å². The molecule has 11 aromatic rings. The molecule has 0 aliphatic heterocycles. The van der Waals surface area contributed by atoms with Crippen LogP contribution < -0.4 is 0 Å². The molecule has 5 heteroatoms. The number of rotatable bonds is 5. The summed E-state index contributed by atoms with van der Waals surface area (Å²) >= 11 is 0. The first-order valence-corrected chi connectivity index (χ1v) is 18.0. The fourth-order valence-corrected chi connectivity index (χ4v) is 7.84. The largest absolute Gasteiger partial charge is 0.456 e. The van der Waals surface area contributed by atoms with Crippen LogP contribution in [0.25, 0.3) is 111 Å². The second-order valence-corrected chi connectivity index (χ2v) is 13.5. The Balaban J connectivity index is 1.20. The average Bonchev–Trinajstić information content (AvgIpc) is 3.83. The van der Waals surface area contributed by atoms with Gasteiger partial charge in [0.2, 0.25) is 0 Å².